The first-order valence-corrected chi connectivity index (χ1v) is 9.07. The third-order valence-electron chi connectivity index (χ3n) is 4.55. The van der Waals surface area contributed by atoms with Crippen LogP contribution in [0.2, 0.25) is 0 Å². The van der Waals surface area contributed by atoms with Crippen LogP contribution in [0.25, 0.3) is 22.6 Å². The van der Waals surface area contributed by atoms with E-state index in [4.69, 9.17) is 9.15 Å². The molecule has 0 radical (unpaired) electrons. The highest BCUT2D eigenvalue weighted by Gasteiger charge is 2.20. The topological polar surface area (TPSA) is 69.9 Å². The summed E-state index contributed by atoms with van der Waals surface area (Å²) in [4.78, 5) is 0. The summed E-state index contributed by atoms with van der Waals surface area (Å²) in [5, 5.41) is 19.0. The first-order chi connectivity index (χ1) is 14.2. The standard InChI is InChI=1S/C25H16N2O2/c1-17-10-12-20(13-11-17)28-24-14-23(21-8-4-2-6-18(21)15-26)29-25(24)22-9-5-3-7-19(22)16-27/h2-14H,1H3. The molecule has 0 aliphatic rings. The van der Waals surface area contributed by atoms with E-state index in [1.807, 2.05) is 55.5 Å². The highest BCUT2D eigenvalue weighted by Crippen LogP contribution is 2.41. The van der Waals surface area contributed by atoms with Crippen LogP contribution in [0.4, 0.5) is 0 Å². The molecule has 4 nitrogen and oxygen atoms in total. The first-order valence-electron chi connectivity index (χ1n) is 9.07. The Hall–Kier alpha value is -4.28. The minimum absolute atomic E-state index is 0.450. The van der Waals surface area contributed by atoms with Crippen LogP contribution in [0.1, 0.15) is 16.7 Å². The van der Waals surface area contributed by atoms with E-state index in [1.165, 1.54) is 0 Å². The van der Waals surface area contributed by atoms with Crippen molar-refractivity contribution in [2.75, 3.05) is 0 Å². The summed E-state index contributed by atoms with van der Waals surface area (Å²) in [6.45, 7) is 2.01. The van der Waals surface area contributed by atoms with Crippen LogP contribution in [-0.4, -0.2) is 0 Å². The average Bonchev–Trinajstić information content (AvgIpc) is 3.18. The van der Waals surface area contributed by atoms with E-state index in [2.05, 4.69) is 12.1 Å². The molecule has 138 valence electrons. The minimum atomic E-state index is 0.450. The average molecular weight is 376 g/mol. The van der Waals surface area contributed by atoms with E-state index in [9.17, 15) is 10.5 Å². The molecule has 0 bridgehead atoms. The fourth-order valence-electron chi connectivity index (χ4n) is 3.08. The maximum atomic E-state index is 9.52. The van der Waals surface area contributed by atoms with E-state index in [0.29, 0.717) is 45.3 Å². The van der Waals surface area contributed by atoms with Gasteiger partial charge >= 0.3 is 0 Å². The Labute approximate surface area is 168 Å². The molecule has 0 unspecified atom stereocenters. The summed E-state index contributed by atoms with van der Waals surface area (Å²) >= 11 is 0. The summed E-state index contributed by atoms with van der Waals surface area (Å²) < 4.78 is 12.2. The molecule has 1 aromatic heterocycles. The SMILES string of the molecule is Cc1ccc(Oc2cc(-c3ccccc3C#N)oc2-c2ccccc2C#N)cc1. The van der Waals surface area contributed by atoms with Crippen molar-refractivity contribution in [2.24, 2.45) is 0 Å². The van der Waals surface area contributed by atoms with Crippen molar-refractivity contribution >= 4 is 0 Å². The number of nitrogens with zero attached hydrogens (tertiary/aromatic N) is 2. The lowest BCUT2D eigenvalue weighted by Crippen LogP contribution is -1.87. The molecule has 29 heavy (non-hydrogen) atoms. The zero-order valence-corrected chi connectivity index (χ0v) is 15.7. The highest BCUT2D eigenvalue weighted by atomic mass is 16.5. The molecular weight excluding hydrogens is 360 g/mol. The van der Waals surface area contributed by atoms with Gasteiger partial charge in [-0.1, -0.05) is 42.0 Å². The first kappa shape index (κ1) is 18.1. The van der Waals surface area contributed by atoms with Gasteiger partial charge in [-0.05, 0) is 43.3 Å². The molecule has 0 N–H and O–H groups in total. The van der Waals surface area contributed by atoms with Crippen molar-refractivity contribution in [3.63, 3.8) is 0 Å². The second kappa shape index (κ2) is 7.76. The zero-order chi connectivity index (χ0) is 20.2. The lowest BCUT2D eigenvalue weighted by atomic mass is 10.1. The third kappa shape index (κ3) is 3.60. The number of hydrogen-bond acceptors (Lipinski definition) is 4. The molecule has 0 saturated heterocycles. The Morgan fingerprint density at radius 2 is 1.34 bits per heavy atom. The maximum Gasteiger partial charge on any atom is 0.178 e. The number of benzene rings is 3. The lowest BCUT2D eigenvalue weighted by Gasteiger charge is -2.07. The fraction of sp³-hybridized carbons (Fsp3) is 0.0400. The highest BCUT2D eigenvalue weighted by molar-refractivity contribution is 5.77. The normalized spacial score (nSPS) is 10.2. The molecule has 4 aromatic rings. The van der Waals surface area contributed by atoms with Gasteiger partial charge in [0.2, 0.25) is 0 Å². The van der Waals surface area contributed by atoms with Gasteiger partial charge in [0.05, 0.1) is 23.3 Å². The smallest absolute Gasteiger partial charge is 0.178 e. The van der Waals surface area contributed by atoms with Crippen molar-refractivity contribution in [2.45, 2.75) is 6.92 Å². The lowest BCUT2D eigenvalue weighted by molar-refractivity contribution is 0.473. The monoisotopic (exact) mass is 376 g/mol. The molecular formula is C25H16N2O2. The molecule has 0 aliphatic carbocycles. The molecule has 0 amide bonds. The van der Waals surface area contributed by atoms with Gasteiger partial charge in [0.15, 0.2) is 11.5 Å². The number of nitriles is 2. The molecule has 4 rings (SSSR count). The predicted molar refractivity (Wildman–Crippen MR) is 110 cm³/mol. The molecule has 0 fully saturated rings. The van der Waals surface area contributed by atoms with Crippen LogP contribution in [0, 0.1) is 29.6 Å². The summed E-state index contributed by atoms with van der Waals surface area (Å²) in [6, 6.07) is 28.3. The second-order valence-corrected chi connectivity index (χ2v) is 6.53. The summed E-state index contributed by atoms with van der Waals surface area (Å²) in [7, 11) is 0. The largest absolute Gasteiger partial charge is 0.453 e. The molecule has 0 atom stereocenters. The van der Waals surface area contributed by atoms with Crippen LogP contribution < -0.4 is 4.74 Å². The van der Waals surface area contributed by atoms with Crippen molar-refractivity contribution in [1.29, 1.82) is 10.5 Å². The molecule has 0 aliphatic heterocycles. The van der Waals surface area contributed by atoms with Crippen LogP contribution in [0.3, 0.4) is 0 Å². The van der Waals surface area contributed by atoms with Crippen LogP contribution in [0.15, 0.2) is 83.3 Å². The minimum Gasteiger partial charge on any atom is -0.453 e. The summed E-state index contributed by atoms with van der Waals surface area (Å²) in [5.74, 6) is 2.10. The van der Waals surface area contributed by atoms with Crippen LogP contribution in [0.5, 0.6) is 11.5 Å². The molecule has 1 heterocycles. The van der Waals surface area contributed by atoms with Gasteiger partial charge < -0.3 is 9.15 Å². The number of furan rings is 1. The van der Waals surface area contributed by atoms with E-state index < -0.39 is 0 Å². The van der Waals surface area contributed by atoms with Gasteiger partial charge in [0.25, 0.3) is 0 Å². The summed E-state index contributed by atoms with van der Waals surface area (Å²) in [6.07, 6.45) is 0. The van der Waals surface area contributed by atoms with Gasteiger partial charge in [-0.25, -0.2) is 0 Å². The number of aryl methyl sites for hydroxylation is 1. The van der Waals surface area contributed by atoms with Gasteiger partial charge in [-0.15, -0.1) is 0 Å². The van der Waals surface area contributed by atoms with E-state index >= 15 is 0 Å². The van der Waals surface area contributed by atoms with Crippen molar-refractivity contribution in [3.05, 3.63) is 95.6 Å². The Kier molecular flexibility index (Phi) is 4.84. The molecule has 4 heteroatoms. The molecule has 0 saturated carbocycles. The van der Waals surface area contributed by atoms with Crippen molar-refractivity contribution in [3.8, 4) is 46.3 Å². The van der Waals surface area contributed by atoms with E-state index in [1.54, 1.807) is 30.3 Å². The number of hydrogen-bond donors (Lipinski definition) is 0. The zero-order valence-electron chi connectivity index (χ0n) is 15.7. The van der Waals surface area contributed by atoms with E-state index in [0.717, 1.165) is 5.56 Å². The van der Waals surface area contributed by atoms with Gasteiger partial charge in [-0.3, -0.25) is 0 Å². The fourth-order valence-corrected chi connectivity index (χ4v) is 3.08. The van der Waals surface area contributed by atoms with Gasteiger partial charge in [0, 0.05) is 17.2 Å². The summed E-state index contributed by atoms with van der Waals surface area (Å²) in [5.41, 5.74) is 3.42. The van der Waals surface area contributed by atoms with Crippen LogP contribution >= 0.6 is 0 Å². The second-order valence-electron chi connectivity index (χ2n) is 6.53. The predicted octanol–water partition coefficient (Wildman–Crippen LogP) is 6.46. The van der Waals surface area contributed by atoms with Crippen molar-refractivity contribution < 1.29 is 9.15 Å². The number of rotatable bonds is 4. The molecule has 3 aromatic carbocycles. The van der Waals surface area contributed by atoms with Gasteiger partial charge in [-0.2, -0.15) is 10.5 Å². The Morgan fingerprint density at radius 1 is 0.759 bits per heavy atom. The number of ether oxygens (including phenoxy) is 1. The Balaban J connectivity index is 1.88. The maximum absolute atomic E-state index is 9.52. The third-order valence-corrected chi connectivity index (χ3v) is 4.55. The Morgan fingerprint density at radius 3 is 2.00 bits per heavy atom. The Bertz CT molecular complexity index is 1260. The van der Waals surface area contributed by atoms with Crippen LogP contribution in [-0.2, 0) is 0 Å². The van der Waals surface area contributed by atoms with Gasteiger partial charge in [0.1, 0.15) is 11.5 Å². The van der Waals surface area contributed by atoms with E-state index in [-0.39, 0.29) is 0 Å². The van der Waals surface area contributed by atoms with Crippen molar-refractivity contribution in [1.82, 2.24) is 0 Å². The quantitative estimate of drug-likeness (QED) is 0.410. The molecule has 0 spiro atoms.